The first-order valence-electron chi connectivity index (χ1n) is 5.52. The number of carbonyl (C=O) groups is 1. The van der Waals surface area contributed by atoms with Crippen LogP contribution in [-0.2, 0) is 11.2 Å². The van der Waals surface area contributed by atoms with Crippen molar-refractivity contribution in [1.29, 1.82) is 0 Å². The number of piperazine rings is 1. The van der Waals surface area contributed by atoms with Crippen molar-refractivity contribution < 1.29 is 4.79 Å². The molecule has 0 atom stereocenters. The minimum atomic E-state index is 0.211. The van der Waals surface area contributed by atoms with E-state index in [1.165, 1.54) is 0 Å². The zero-order valence-corrected chi connectivity index (χ0v) is 10.6. The van der Waals surface area contributed by atoms with Gasteiger partial charge < -0.3 is 9.80 Å². The van der Waals surface area contributed by atoms with Crippen molar-refractivity contribution in [3.05, 3.63) is 16.1 Å². The van der Waals surface area contributed by atoms with Gasteiger partial charge in [0.05, 0.1) is 6.42 Å². The highest BCUT2D eigenvalue weighted by atomic mass is 32.1. The number of nitrogens with zero attached hydrogens (tertiary/aromatic N) is 3. The number of rotatable bonds is 2. The van der Waals surface area contributed by atoms with Gasteiger partial charge in [-0.2, -0.15) is 0 Å². The van der Waals surface area contributed by atoms with Gasteiger partial charge in [0.2, 0.25) is 5.91 Å². The topological polar surface area (TPSA) is 36.4 Å². The van der Waals surface area contributed by atoms with Crippen molar-refractivity contribution in [2.75, 3.05) is 33.2 Å². The molecule has 1 saturated heterocycles. The molecule has 1 aromatic rings. The number of aryl methyl sites for hydroxylation is 1. The molecule has 0 unspecified atom stereocenters. The second-order valence-corrected chi connectivity index (χ2v) is 5.19. The molecule has 1 aromatic heterocycles. The molecule has 0 radical (unpaired) electrons. The van der Waals surface area contributed by atoms with Crippen LogP contribution in [0, 0.1) is 6.92 Å². The lowest BCUT2D eigenvalue weighted by Gasteiger charge is -2.32. The van der Waals surface area contributed by atoms with Crippen molar-refractivity contribution in [2.45, 2.75) is 13.3 Å². The predicted molar refractivity (Wildman–Crippen MR) is 64.6 cm³/mol. The first-order chi connectivity index (χ1) is 7.65. The Balaban J connectivity index is 1.88. The lowest BCUT2D eigenvalue weighted by atomic mass is 10.3. The van der Waals surface area contributed by atoms with Crippen LogP contribution in [0.3, 0.4) is 0 Å². The van der Waals surface area contributed by atoms with E-state index in [4.69, 9.17) is 0 Å². The Kier molecular flexibility index (Phi) is 3.56. The smallest absolute Gasteiger partial charge is 0.229 e. The van der Waals surface area contributed by atoms with Crippen LogP contribution in [0.15, 0.2) is 5.38 Å². The van der Waals surface area contributed by atoms with E-state index < -0.39 is 0 Å². The number of aromatic nitrogens is 1. The summed E-state index contributed by atoms with van der Waals surface area (Å²) in [5, 5.41) is 2.92. The van der Waals surface area contributed by atoms with E-state index in [1.54, 1.807) is 11.3 Å². The number of thiazole rings is 1. The summed E-state index contributed by atoms with van der Waals surface area (Å²) in [5.74, 6) is 0.211. The van der Waals surface area contributed by atoms with Crippen LogP contribution in [0.4, 0.5) is 0 Å². The van der Waals surface area contributed by atoms with Gasteiger partial charge in [0.25, 0.3) is 0 Å². The molecule has 1 aliphatic heterocycles. The second-order valence-electron chi connectivity index (χ2n) is 4.24. The number of hydrogen-bond acceptors (Lipinski definition) is 4. The lowest BCUT2D eigenvalue weighted by Crippen LogP contribution is -2.47. The van der Waals surface area contributed by atoms with Crippen molar-refractivity contribution in [3.8, 4) is 0 Å². The molecule has 5 heteroatoms. The predicted octanol–water partition coefficient (Wildman–Crippen LogP) is 0.768. The minimum absolute atomic E-state index is 0.211. The molecule has 0 aromatic carbocycles. The SMILES string of the molecule is Cc1csc(CC(=O)N2CCN(C)CC2)n1. The van der Waals surface area contributed by atoms with Gasteiger partial charge in [-0.1, -0.05) is 0 Å². The van der Waals surface area contributed by atoms with Gasteiger partial charge in [0.1, 0.15) is 5.01 Å². The Bertz CT molecular complexity index is 369. The van der Waals surface area contributed by atoms with E-state index in [2.05, 4.69) is 16.9 Å². The summed E-state index contributed by atoms with van der Waals surface area (Å²) in [5.41, 5.74) is 1.01. The molecular weight excluding hydrogens is 222 g/mol. The van der Waals surface area contributed by atoms with Crippen LogP contribution >= 0.6 is 11.3 Å². The molecule has 88 valence electrons. The van der Waals surface area contributed by atoms with Crippen molar-refractivity contribution >= 4 is 17.2 Å². The van der Waals surface area contributed by atoms with Gasteiger partial charge in [0, 0.05) is 37.3 Å². The number of hydrogen-bond donors (Lipinski definition) is 0. The summed E-state index contributed by atoms with van der Waals surface area (Å²) >= 11 is 1.57. The molecule has 1 amide bonds. The largest absolute Gasteiger partial charge is 0.340 e. The fourth-order valence-electron chi connectivity index (χ4n) is 1.78. The molecule has 0 spiro atoms. The summed E-state index contributed by atoms with van der Waals surface area (Å²) in [4.78, 5) is 20.5. The number of amides is 1. The highest BCUT2D eigenvalue weighted by molar-refractivity contribution is 7.09. The number of likely N-dealkylation sites (N-methyl/N-ethyl adjacent to an activating group) is 1. The molecule has 0 N–H and O–H groups in total. The van der Waals surface area contributed by atoms with Gasteiger partial charge in [-0.25, -0.2) is 4.98 Å². The van der Waals surface area contributed by atoms with Crippen LogP contribution in [0.1, 0.15) is 10.7 Å². The third kappa shape index (κ3) is 2.80. The molecule has 0 aliphatic carbocycles. The summed E-state index contributed by atoms with van der Waals surface area (Å²) in [6, 6.07) is 0. The van der Waals surface area contributed by atoms with Crippen LogP contribution in [0.2, 0.25) is 0 Å². The molecule has 2 rings (SSSR count). The Labute approximate surface area is 99.9 Å². The van der Waals surface area contributed by atoms with Crippen LogP contribution < -0.4 is 0 Å². The highest BCUT2D eigenvalue weighted by Crippen LogP contribution is 2.11. The maximum Gasteiger partial charge on any atom is 0.229 e. The minimum Gasteiger partial charge on any atom is -0.340 e. The molecule has 1 fully saturated rings. The van der Waals surface area contributed by atoms with E-state index in [-0.39, 0.29) is 5.91 Å². The van der Waals surface area contributed by atoms with Gasteiger partial charge in [-0.3, -0.25) is 4.79 Å². The third-order valence-corrected chi connectivity index (χ3v) is 3.79. The first kappa shape index (κ1) is 11.5. The second kappa shape index (κ2) is 4.93. The normalized spacial score (nSPS) is 17.8. The van der Waals surface area contributed by atoms with Crippen LogP contribution in [0.25, 0.3) is 0 Å². The molecule has 1 aliphatic rings. The van der Waals surface area contributed by atoms with E-state index in [1.807, 2.05) is 17.2 Å². The maximum atomic E-state index is 12.0. The molecule has 0 saturated carbocycles. The Hall–Kier alpha value is -0.940. The lowest BCUT2D eigenvalue weighted by molar-refractivity contribution is -0.132. The van der Waals surface area contributed by atoms with Gasteiger partial charge in [0.15, 0.2) is 0 Å². The summed E-state index contributed by atoms with van der Waals surface area (Å²) in [6.45, 7) is 5.60. The van der Waals surface area contributed by atoms with Gasteiger partial charge in [-0.15, -0.1) is 11.3 Å². The zero-order valence-electron chi connectivity index (χ0n) is 9.77. The standard InChI is InChI=1S/C11H17N3OS/c1-9-8-16-10(12-9)7-11(15)14-5-3-13(2)4-6-14/h8H,3-7H2,1-2H3. The Morgan fingerprint density at radius 1 is 1.44 bits per heavy atom. The monoisotopic (exact) mass is 239 g/mol. The van der Waals surface area contributed by atoms with Crippen molar-refractivity contribution in [1.82, 2.24) is 14.8 Å². The number of carbonyl (C=O) groups excluding carboxylic acids is 1. The van der Waals surface area contributed by atoms with Crippen molar-refractivity contribution in [2.24, 2.45) is 0 Å². The van der Waals surface area contributed by atoms with E-state index in [0.29, 0.717) is 6.42 Å². The van der Waals surface area contributed by atoms with Gasteiger partial charge >= 0.3 is 0 Å². The van der Waals surface area contributed by atoms with E-state index in [9.17, 15) is 4.79 Å². The maximum absolute atomic E-state index is 12.0. The van der Waals surface area contributed by atoms with E-state index >= 15 is 0 Å². The van der Waals surface area contributed by atoms with E-state index in [0.717, 1.165) is 36.9 Å². The van der Waals surface area contributed by atoms with Gasteiger partial charge in [-0.05, 0) is 14.0 Å². The Morgan fingerprint density at radius 2 is 2.12 bits per heavy atom. The average Bonchev–Trinajstić information content (AvgIpc) is 2.65. The summed E-state index contributed by atoms with van der Waals surface area (Å²) in [7, 11) is 2.09. The molecule has 0 bridgehead atoms. The Morgan fingerprint density at radius 3 is 2.69 bits per heavy atom. The van der Waals surface area contributed by atoms with Crippen LogP contribution in [-0.4, -0.2) is 53.9 Å². The molecular formula is C11H17N3OS. The molecule has 2 heterocycles. The fraction of sp³-hybridized carbons (Fsp3) is 0.636. The third-order valence-electron chi connectivity index (χ3n) is 2.83. The molecule has 16 heavy (non-hydrogen) atoms. The highest BCUT2D eigenvalue weighted by Gasteiger charge is 2.19. The van der Waals surface area contributed by atoms with Crippen molar-refractivity contribution in [3.63, 3.8) is 0 Å². The zero-order chi connectivity index (χ0) is 11.5. The molecule has 4 nitrogen and oxygen atoms in total. The van der Waals surface area contributed by atoms with Crippen LogP contribution in [0.5, 0.6) is 0 Å². The average molecular weight is 239 g/mol. The summed E-state index contributed by atoms with van der Waals surface area (Å²) in [6.07, 6.45) is 0.461. The quantitative estimate of drug-likeness (QED) is 0.765. The summed E-state index contributed by atoms with van der Waals surface area (Å²) < 4.78 is 0. The first-order valence-corrected chi connectivity index (χ1v) is 6.40. The fourth-order valence-corrected chi connectivity index (χ4v) is 2.54.